The van der Waals surface area contributed by atoms with Crippen molar-refractivity contribution in [2.45, 2.75) is 26.8 Å². The first-order valence-electron chi connectivity index (χ1n) is 11.1. The van der Waals surface area contributed by atoms with Gasteiger partial charge in [0, 0.05) is 64.0 Å². The van der Waals surface area contributed by atoms with Crippen molar-refractivity contribution in [3.8, 4) is 0 Å². The van der Waals surface area contributed by atoms with Crippen LogP contribution in [0.4, 0.5) is 16.3 Å². The molecule has 174 valence electrons. The van der Waals surface area contributed by atoms with E-state index in [1.54, 1.807) is 18.8 Å². The molecule has 1 aliphatic heterocycles. The maximum atomic E-state index is 12.4. The summed E-state index contributed by atoms with van der Waals surface area (Å²) in [5.74, 6) is 0.993. The molecule has 9 nitrogen and oxygen atoms in total. The number of quaternary nitrogens is 1. The second kappa shape index (κ2) is 14.0. The summed E-state index contributed by atoms with van der Waals surface area (Å²) in [6.45, 7) is 7.56. The SMILES string of the molecule is CC.CO[NH2+]c1cccc(CNC(=O)NCCC(=O)N2CCN(c3ccccn3)CC2)c1. The zero-order valence-corrected chi connectivity index (χ0v) is 19.2. The lowest BCUT2D eigenvalue weighted by molar-refractivity contribution is -0.830. The summed E-state index contributed by atoms with van der Waals surface area (Å²) < 4.78 is 0. The number of nitrogens with zero attached hydrogens (tertiary/aromatic N) is 3. The fourth-order valence-corrected chi connectivity index (χ4v) is 3.32. The monoisotopic (exact) mass is 443 g/mol. The molecule has 3 amide bonds. The molecule has 0 spiro atoms. The average molecular weight is 444 g/mol. The van der Waals surface area contributed by atoms with E-state index in [-0.39, 0.29) is 18.4 Å². The van der Waals surface area contributed by atoms with Crippen molar-refractivity contribution >= 4 is 23.4 Å². The van der Waals surface area contributed by atoms with Gasteiger partial charge in [0.05, 0.1) is 7.11 Å². The van der Waals surface area contributed by atoms with Crippen molar-refractivity contribution in [1.82, 2.24) is 20.5 Å². The van der Waals surface area contributed by atoms with Gasteiger partial charge in [-0.2, -0.15) is 5.48 Å². The number of hydrogen-bond acceptors (Lipinski definition) is 5. The molecular weight excluding hydrogens is 408 g/mol. The Balaban J connectivity index is 0.00000176. The van der Waals surface area contributed by atoms with Crippen LogP contribution in [0.2, 0.25) is 0 Å². The third kappa shape index (κ3) is 8.16. The zero-order valence-electron chi connectivity index (χ0n) is 19.2. The molecular formula is C23H35N6O3+. The molecule has 3 rings (SSSR count). The maximum Gasteiger partial charge on any atom is 0.315 e. The van der Waals surface area contributed by atoms with Crippen molar-refractivity contribution in [3.05, 3.63) is 54.2 Å². The average Bonchev–Trinajstić information content (AvgIpc) is 2.85. The highest BCUT2D eigenvalue weighted by Crippen LogP contribution is 2.13. The van der Waals surface area contributed by atoms with Gasteiger partial charge in [-0.3, -0.25) is 4.79 Å². The molecule has 1 aliphatic rings. The third-order valence-corrected chi connectivity index (χ3v) is 4.89. The molecule has 32 heavy (non-hydrogen) atoms. The summed E-state index contributed by atoms with van der Waals surface area (Å²) in [4.78, 5) is 37.8. The van der Waals surface area contributed by atoms with E-state index in [2.05, 4.69) is 20.5 Å². The van der Waals surface area contributed by atoms with E-state index in [9.17, 15) is 9.59 Å². The highest BCUT2D eigenvalue weighted by Gasteiger charge is 2.21. The number of rotatable bonds is 8. The first-order chi connectivity index (χ1) is 15.7. The second-order valence-electron chi connectivity index (χ2n) is 7.01. The van der Waals surface area contributed by atoms with Crippen molar-refractivity contribution < 1.29 is 19.9 Å². The highest BCUT2D eigenvalue weighted by atomic mass is 16.6. The number of hydrogen-bond donors (Lipinski definition) is 3. The van der Waals surface area contributed by atoms with Gasteiger partial charge in [-0.05, 0) is 17.7 Å². The minimum atomic E-state index is -0.288. The number of nitrogens with two attached hydrogens (primary N) is 1. The van der Waals surface area contributed by atoms with Crippen LogP contribution in [0.1, 0.15) is 25.8 Å². The standard InChI is InChI=1S/C21H28N6O3.C2H6/c1-30-25-18-6-4-5-17(15-18)16-24-21(29)23-10-8-20(28)27-13-11-26(12-14-27)19-7-2-3-9-22-19;1-2/h2-7,9,15,25H,8,10-14,16H2,1H3,(H2,23,24,29);1-2H3/p+1. The predicted molar refractivity (Wildman–Crippen MR) is 124 cm³/mol. The molecule has 9 heteroatoms. The predicted octanol–water partition coefficient (Wildman–Crippen LogP) is 1.40. The molecule has 0 atom stereocenters. The summed E-state index contributed by atoms with van der Waals surface area (Å²) in [5, 5.41) is 5.55. The fourth-order valence-electron chi connectivity index (χ4n) is 3.32. The van der Waals surface area contributed by atoms with E-state index in [0.29, 0.717) is 26.2 Å². The molecule has 0 saturated carbocycles. The molecule has 1 aromatic heterocycles. The Kier molecular flexibility index (Phi) is 11.0. The van der Waals surface area contributed by atoms with Crippen LogP contribution in [-0.4, -0.2) is 61.7 Å². The van der Waals surface area contributed by atoms with Crippen molar-refractivity contribution in [3.63, 3.8) is 0 Å². The number of anilines is 1. The number of carbonyl (C=O) groups excluding carboxylic acids is 2. The van der Waals surface area contributed by atoms with Crippen LogP contribution in [0.15, 0.2) is 48.7 Å². The van der Waals surface area contributed by atoms with Gasteiger partial charge in [-0.15, -0.1) is 0 Å². The van der Waals surface area contributed by atoms with Crippen molar-refractivity contribution in [2.75, 3.05) is 44.7 Å². The summed E-state index contributed by atoms with van der Waals surface area (Å²) in [6.07, 6.45) is 2.06. The minimum absolute atomic E-state index is 0.0544. The number of urea groups is 1. The topological polar surface area (TPSA) is 103 Å². The van der Waals surface area contributed by atoms with Gasteiger partial charge < -0.3 is 20.4 Å². The number of amides is 3. The number of carbonyl (C=O) groups is 2. The molecule has 4 N–H and O–H groups in total. The van der Waals surface area contributed by atoms with Gasteiger partial charge in [0.25, 0.3) is 0 Å². The molecule has 0 bridgehead atoms. The lowest BCUT2D eigenvalue weighted by Crippen LogP contribution is -2.75. The lowest BCUT2D eigenvalue weighted by atomic mass is 10.2. The van der Waals surface area contributed by atoms with Crippen LogP contribution in [0, 0.1) is 0 Å². The molecule has 1 aromatic carbocycles. The molecule has 0 unspecified atom stereocenters. The Hall–Kier alpha value is -3.17. The third-order valence-electron chi connectivity index (χ3n) is 4.89. The Labute approximate surface area is 190 Å². The fraction of sp³-hybridized carbons (Fsp3) is 0.435. The van der Waals surface area contributed by atoms with Gasteiger partial charge in [0.2, 0.25) is 5.91 Å². The number of nitrogens with one attached hydrogen (secondary N) is 2. The van der Waals surface area contributed by atoms with Gasteiger partial charge in [0.15, 0.2) is 5.69 Å². The normalized spacial score (nSPS) is 13.1. The summed E-state index contributed by atoms with van der Waals surface area (Å²) in [6, 6.07) is 13.3. The van der Waals surface area contributed by atoms with E-state index in [1.807, 2.05) is 61.2 Å². The Bertz CT molecular complexity index is 825. The van der Waals surface area contributed by atoms with Crippen LogP contribution < -0.4 is 21.0 Å². The maximum absolute atomic E-state index is 12.4. The molecule has 1 saturated heterocycles. The van der Waals surface area contributed by atoms with Gasteiger partial charge in [0.1, 0.15) is 5.82 Å². The quantitative estimate of drug-likeness (QED) is 0.423. The number of aromatic nitrogens is 1. The minimum Gasteiger partial charge on any atom is -0.353 e. The molecule has 1 fully saturated rings. The van der Waals surface area contributed by atoms with E-state index in [1.165, 1.54) is 0 Å². The smallest absolute Gasteiger partial charge is 0.315 e. The van der Waals surface area contributed by atoms with E-state index in [4.69, 9.17) is 4.84 Å². The van der Waals surface area contributed by atoms with E-state index < -0.39 is 0 Å². The van der Waals surface area contributed by atoms with Gasteiger partial charge >= 0.3 is 6.03 Å². The van der Waals surface area contributed by atoms with E-state index in [0.717, 1.165) is 30.2 Å². The Morgan fingerprint density at radius 2 is 1.84 bits per heavy atom. The van der Waals surface area contributed by atoms with Crippen LogP contribution >= 0.6 is 0 Å². The number of pyridine rings is 1. The first-order valence-corrected chi connectivity index (χ1v) is 11.1. The molecule has 0 aliphatic carbocycles. The number of benzene rings is 1. The molecule has 0 radical (unpaired) electrons. The van der Waals surface area contributed by atoms with Gasteiger partial charge in [-0.25, -0.2) is 14.6 Å². The zero-order chi connectivity index (χ0) is 23.2. The Morgan fingerprint density at radius 1 is 1.06 bits per heavy atom. The Morgan fingerprint density at radius 3 is 2.53 bits per heavy atom. The largest absolute Gasteiger partial charge is 0.353 e. The molecule has 2 aromatic rings. The summed E-state index contributed by atoms with van der Waals surface area (Å²) in [7, 11) is 1.60. The summed E-state index contributed by atoms with van der Waals surface area (Å²) in [5.41, 5.74) is 3.55. The first kappa shape index (κ1) is 25.1. The van der Waals surface area contributed by atoms with Crippen molar-refractivity contribution in [1.29, 1.82) is 0 Å². The lowest BCUT2D eigenvalue weighted by Gasteiger charge is -2.35. The van der Waals surface area contributed by atoms with E-state index >= 15 is 0 Å². The van der Waals surface area contributed by atoms with Crippen LogP contribution in [-0.2, 0) is 16.2 Å². The van der Waals surface area contributed by atoms with Crippen LogP contribution in [0.25, 0.3) is 0 Å². The highest BCUT2D eigenvalue weighted by molar-refractivity contribution is 5.78. The summed E-state index contributed by atoms with van der Waals surface area (Å²) >= 11 is 0. The van der Waals surface area contributed by atoms with Gasteiger partial charge in [-0.1, -0.05) is 32.0 Å². The van der Waals surface area contributed by atoms with Crippen LogP contribution in [0.3, 0.4) is 0 Å². The second-order valence-corrected chi connectivity index (χ2v) is 7.01. The molecule has 2 heterocycles. The number of piperazine rings is 1. The van der Waals surface area contributed by atoms with Crippen LogP contribution in [0.5, 0.6) is 0 Å². The van der Waals surface area contributed by atoms with Crippen molar-refractivity contribution in [2.24, 2.45) is 0 Å².